The number of nitrogens with two attached hydrogens (primary N) is 1. The van der Waals surface area contributed by atoms with Crippen molar-refractivity contribution in [3.8, 4) is 0 Å². The van der Waals surface area contributed by atoms with Crippen LogP contribution in [-0.4, -0.2) is 22.4 Å². The maximum atomic E-state index is 6.14. The molecule has 2 heterocycles. The molecule has 1 aromatic rings. The summed E-state index contributed by atoms with van der Waals surface area (Å²) in [6.45, 7) is 0.893. The van der Waals surface area contributed by atoms with E-state index in [1.807, 2.05) is 30.1 Å². The Morgan fingerprint density at radius 3 is 2.95 bits per heavy atom. The maximum absolute atomic E-state index is 6.14. The molecule has 0 amide bonds. The number of pyridine rings is 1. The quantitative estimate of drug-likeness (QED) is 0.897. The number of anilines is 1. The van der Waals surface area contributed by atoms with Gasteiger partial charge >= 0.3 is 0 Å². The molecule has 1 spiro atoms. The fourth-order valence-corrected chi connectivity index (χ4v) is 4.53. The van der Waals surface area contributed by atoms with Gasteiger partial charge in [-0.25, -0.2) is 4.98 Å². The van der Waals surface area contributed by atoms with Crippen LogP contribution >= 0.6 is 11.8 Å². The summed E-state index contributed by atoms with van der Waals surface area (Å²) in [7, 11) is 0. The van der Waals surface area contributed by atoms with Crippen molar-refractivity contribution in [2.45, 2.75) is 60.8 Å². The standard InChI is InChI=1S/C15H22N2OS/c16-13-5-4-9-17-14(13)19-12-6-10-18-15(11-12)7-2-1-3-8-15/h4-5,9,12H,1-3,6-8,10-11,16H2. The summed E-state index contributed by atoms with van der Waals surface area (Å²) in [4.78, 5) is 4.40. The van der Waals surface area contributed by atoms with E-state index in [0.717, 1.165) is 30.2 Å². The molecule has 3 rings (SSSR count). The van der Waals surface area contributed by atoms with Crippen LogP contribution in [0.5, 0.6) is 0 Å². The van der Waals surface area contributed by atoms with Crippen LogP contribution in [-0.2, 0) is 4.74 Å². The summed E-state index contributed by atoms with van der Waals surface area (Å²) in [6, 6.07) is 3.83. The van der Waals surface area contributed by atoms with Gasteiger partial charge in [0.2, 0.25) is 0 Å². The van der Waals surface area contributed by atoms with Crippen LogP contribution in [0.25, 0.3) is 0 Å². The first-order chi connectivity index (χ1) is 9.27. The lowest BCUT2D eigenvalue weighted by molar-refractivity contribution is -0.0971. The minimum absolute atomic E-state index is 0.164. The number of nitrogens with zero attached hydrogens (tertiary/aromatic N) is 1. The van der Waals surface area contributed by atoms with E-state index in [2.05, 4.69) is 4.98 Å². The van der Waals surface area contributed by atoms with Gasteiger partial charge in [0.05, 0.1) is 11.3 Å². The van der Waals surface area contributed by atoms with Crippen LogP contribution in [0.1, 0.15) is 44.9 Å². The average molecular weight is 278 g/mol. The molecule has 2 fully saturated rings. The number of thioether (sulfide) groups is 1. The molecule has 1 atom stereocenters. The third-order valence-electron chi connectivity index (χ3n) is 4.29. The fraction of sp³-hybridized carbons (Fsp3) is 0.667. The van der Waals surface area contributed by atoms with Gasteiger partial charge in [-0.05, 0) is 37.8 Å². The molecule has 1 unspecified atom stereocenters. The Balaban J connectivity index is 1.67. The van der Waals surface area contributed by atoms with Gasteiger partial charge in [-0.2, -0.15) is 0 Å². The Morgan fingerprint density at radius 1 is 1.32 bits per heavy atom. The molecule has 3 nitrogen and oxygen atoms in total. The molecule has 2 N–H and O–H groups in total. The van der Waals surface area contributed by atoms with E-state index in [1.54, 1.807) is 0 Å². The van der Waals surface area contributed by atoms with Gasteiger partial charge in [-0.3, -0.25) is 0 Å². The summed E-state index contributed by atoms with van der Waals surface area (Å²) < 4.78 is 6.14. The van der Waals surface area contributed by atoms with Gasteiger partial charge in [0.15, 0.2) is 0 Å². The summed E-state index contributed by atoms with van der Waals surface area (Å²) >= 11 is 1.84. The van der Waals surface area contributed by atoms with E-state index in [4.69, 9.17) is 10.5 Å². The van der Waals surface area contributed by atoms with Gasteiger partial charge < -0.3 is 10.5 Å². The molecule has 104 valence electrons. The van der Waals surface area contributed by atoms with Crippen LogP contribution < -0.4 is 5.73 Å². The Bertz CT molecular complexity index is 426. The molecule has 1 saturated heterocycles. The second kappa shape index (κ2) is 5.71. The van der Waals surface area contributed by atoms with Gasteiger partial charge in [0, 0.05) is 18.1 Å². The predicted octanol–water partition coefficient (Wildman–Crippen LogP) is 3.64. The Kier molecular flexibility index (Phi) is 3.99. The molecule has 19 heavy (non-hydrogen) atoms. The highest BCUT2D eigenvalue weighted by Gasteiger charge is 2.38. The Morgan fingerprint density at radius 2 is 2.16 bits per heavy atom. The van der Waals surface area contributed by atoms with Crippen LogP contribution in [0.3, 0.4) is 0 Å². The minimum atomic E-state index is 0.164. The molecule has 1 aromatic heterocycles. The van der Waals surface area contributed by atoms with Crippen molar-refractivity contribution in [1.29, 1.82) is 0 Å². The average Bonchev–Trinajstić information content (AvgIpc) is 2.42. The zero-order valence-electron chi connectivity index (χ0n) is 11.3. The first kappa shape index (κ1) is 13.3. The van der Waals surface area contributed by atoms with Gasteiger partial charge in [-0.15, -0.1) is 11.8 Å². The topological polar surface area (TPSA) is 48.1 Å². The molecule has 1 aliphatic carbocycles. The molecule has 1 aliphatic heterocycles. The molecule has 1 saturated carbocycles. The van der Waals surface area contributed by atoms with Gasteiger partial charge in [-0.1, -0.05) is 19.3 Å². The monoisotopic (exact) mass is 278 g/mol. The molecule has 2 aliphatic rings. The Labute approximate surface area is 119 Å². The molecule has 0 bridgehead atoms. The van der Waals surface area contributed by atoms with E-state index in [9.17, 15) is 0 Å². The van der Waals surface area contributed by atoms with Crippen LogP contribution in [0.15, 0.2) is 23.4 Å². The first-order valence-corrected chi connectivity index (χ1v) is 8.17. The SMILES string of the molecule is Nc1cccnc1SC1CCOC2(CCCCC2)C1. The number of aromatic nitrogens is 1. The van der Waals surface area contributed by atoms with Gasteiger partial charge in [0.25, 0.3) is 0 Å². The van der Waals surface area contributed by atoms with E-state index in [1.165, 1.54) is 32.1 Å². The lowest BCUT2D eigenvalue weighted by Gasteiger charge is -2.43. The van der Waals surface area contributed by atoms with Crippen molar-refractivity contribution in [1.82, 2.24) is 4.98 Å². The second-order valence-electron chi connectivity index (χ2n) is 5.72. The lowest BCUT2D eigenvalue weighted by atomic mass is 9.80. The molecular formula is C15H22N2OS. The minimum Gasteiger partial charge on any atom is -0.397 e. The van der Waals surface area contributed by atoms with Gasteiger partial charge in [0.1, 0.15) is 5.03 Å². The maximum Gasteiger partial charge on any atom is 0.119 e. The second-order valence-corrected chi connectivity index (χ2v) is 7.01. The molecule has 0 aromatic carbocycles. The zero-order valence-corrected chi connectivity index (χ0v) is 12.1. The van der Waals surface area contributed by atoms with Crippen LogP contribution in [0.4, 0.5) is 5.69 Å². The van der Waals surface area contributed by atoms with E-state index >= 15 is 0 Å². The largest absolute Gasteiger partial charge is 0.397 e. The number of hydrogen-bond acceptors (Lipinski definition) is 4. The van der Waals surface area contributed by atoms with E-state index < -0.39 is 0 Å². The zero-order chi connectivity index (χ0) is 13.1. The smallest absolute Gasteiger partial charge is 0.119 e. The van der Waals surface area contributed by atoms with Crippen molar-refractivity contribution < 1.29 is 4.74 Å². The fourth-order valence-electron chi connectivity index (χ4n) is 3.29. The normalized spacial score (nSPS) is 26.4. The summed E-state index contributed by atoms with van der Waals surface area (Å²) in [5.41, 5.74) is 6.96. The number of ether oxygens (including phenoxy) is 1. The summed E-state index contributed by atoms with van der Waals surface area (Å²) in [6.07, 6.45) is 10.6. The molecular weight excluding hydrogens is 256 g/mol. The highest BCUT2D eigenvalue weighted by Crippen LogP contribution is 2.43. The van der Waals surface area contributed by atoms with E-state index in [0.29, 0.717) is 5.25 Å². The number of hydrogen-bond donors (Lipinski definition) is 1. The third kappa shape index (κ3) is 3.06. The summed E-state index contributed by atoms with van der Waals surface area (Å²) in [5.74, 6) is 0. The summed E-state index contributed by atoms with van der Waals surface area (Å²) in [5, 5.41) is 1.59. The third-order valence-corrected chi connectivity index (χ3v) is 5.59. The molecule has 4 heteroatoms. The Hall–Kier alpha value is -0.740. The molecule has 0 radical (unpaired) electrons. The lowest BCUT2D eigenvalue weighted by Crippen LogP contribution is -2.42. The van der Waals surface area contributed by atoms with E-state index in [-0.39, 0.29) is 5.60 Å². The number of rotatable bonds is 2. The highest BCUT2D eigenvalue weighted by atomic mass is 32.2. The van der Waals surface area contributed by atoms with Crippen molar-refractivity contribution in [3.05, 3.63) is 18.3 Å². The van der Waals surface area contributed by atoms with Crippen molar-refractivity contribution in [3.63, 3.8) is 0 Å². The van der Waals surface area contributed by atoms with Crippen molar-refractivity contribution in [2.75, 3.05) is 12.3 Å². The first-order valence-electron chi connectivity index (χ1n) is 7.29. The van der Waals surface area contributed by atoms with Crippen molar-refractivity contribution in [2.24, 2.45) is 0 Å². The van der Waals surface area contributed by atoms with Crippen LogP contribution in [0, 0.1) is 0 Å². The van der Waals surface area contributed by atoms with Crippen molar-refractivity contribution >= 4 is 17.4 Å². The number of nitrogen functional groups attached to an aromatic ring is 1. The highest BCUT2D eigenvalue weighted by molar-refractivity contribution is 8.00. The predicted molar refractivity (Wildman–Crippen MR) is 79.3 cm³/mol. The van der Waals surface area contributed by atoms with Crippen LogP contribution in [0.2, 0.25) is 0 Å².